The third kappa shape index (κ3) is 4.59. The zero-order valence-electron chi connectivity index (χ0n) is 10.8. The second-order valence-corrected chi connectivity index (χ2v) is 3.95. The van der Waals surface area contributed by atoms with Gasteiger partial charge in [0.2, 0.25) is 0 Å². The molecule has 0 fully saturated rings. The lowest BCUT2D eigenvalue weighted by molar-refractivity contribution is 0.0905. The molecule has 98 valence electrons. The van der Waals surface area contributed by atoms with E-state index in [9.17, 15) is 4.79 Å². The first-order chi connectivity index (χ1) is 8.67. The Bertz CT molecular complexity index is 387. The molecule has 4 nitrogen and oxygen atoms in total. The van der Waals surface area contributed by atoms with Crippen LogP contribution in [0.2, 0.25) is 0 Å². The third-order valence-corrected chi connectivity index (χ3v) is 2.28. The third-order valence-electron chi connectivity index (χ3n) is 2.28. The van der Waals surface area contributed by atoms with Crippen LogP contribution in [0.5, 0.6) is 5.75 Å². The lowest BCUT2D eigenvalue weighted by Gasteiger charge is -2.12. The average Bonchev–Trinajstić information content (AvgIpc) is 2.37. The monoisotopic (exact) mass is 249 g/mol. The van der Waals surface area contributed by atoms with Gasteiger partial charge in [0.1, 0.15) is 12.4 Å². The first kappa shape index (κ1) is 14.3. The van der Waals surface area contributed by atoms with E-state index >= 15 is 0 Å². The van der Waals surface area contributed by atoms with Crippen molar-refractivity contribution in [1.82, 2.24) is 5.32 Å². The van der Waals surface area contributed by atoms with Gasteiger partial charge < -0.3 is 14.8 Å². The van der Waals surface area contributed by atoms with E-state index in [0.717, 1.165) is 5.75 Å². The highest BCUT2D eigenvalue weighted by atomic mass is 16.5. The van der Waals surface area contributed by atoms with E-state index in [1.165, 1.54) is 0 Å². The fourth-order valence-corrected chi connectivity index (χ4v) is 1.46. The van der Waals surface area contributed by atoms with E-state index in [2.05, 4.69) is 11.9 Å². The van der Waals surface area contributed by atoms with Crippen molar-refractivity contribution in [2.75, 3.05) is 20.3 Å². The van der Waals surface area contributed by atoms with E-state index in [4.69, 9.17) is 9.47 Å². The standard InChI is InChI=1S/C14H19NO3/c1-4-9-18-13-7-5-12(6-8-13)14(16)15-11(2)10-17-3/h4-8,11H,1,9-10H2,2-3H3,(H,15,16)/t11-/m1/s1. The van der Waals surface area contributed by atoms with Gasteiger partial charge in [-0.15, -0.1) is 0 Å². The van der Waals surface area contributed by atoms with Crippen LogP contribution in [0, 0.1) is 0 Å². The molecule has 0 unspecified atom stereocenters. The molecule has 1 rings (SSSR count). The molecule has 0 aliphatic rings. The molecule has 1 amide bonds. The predicted octanol–water partition coefficient (Wildman–Crippen LogP) is 2.02. The van der Waals surface area contributed by atoms with Crippen LogP contribution in [-0.2, 0) is 4.74 Å². The molecule has 0 aliphatic carbocycles. The highest BCUT2D eigenvalue weighted by molar-refractivity contribution is 5.94. The summed E-state index contributed by atoms with van der Waals surface area (Å²) in [5.41, 5.74) is 0.601. The van der Waals surface area contributed by atoms with Crippen molar-refractivity contribution in [2.45, 2.75) is 13.0 Å². The fraction of sp³-hybridized carbons (Fsp3) is 0.357. The fourth-order valence-electron chi connectivity index (χ4n) is 1.46. The van der Waals surface area contributed by atoms with Gasteiger partial charge in [-0.2, -0.15) is 0 Å². The molecule has 0 bridgehead atoms. The highest BCUT2D eigenvalue weighted by Crippen LogP contribution is 2.12. The second-order valence-electron chi connectivity index (χ2n) is 3.95. The molecule has 0 spiro atoms. The van der Waals surface area contributed by atoms with Crippen molar-refractivity contribution in [1.29, 1.82) is 0 Å². The summed E-state index contributed by atoms with van der Waals surface area (Å²) in [4.78, 5) is 11.8. The van der Waals surface area contributed by atoms with Gasteiger partial charge in [-0.3, -0.25) is 4.79 Å². The minimum atomic E-state index is -0.116. The highest BCUT2D eigenvalue weighted by Gasteiger charge is 2.09. The van der Waals surface area contributed by atoms with Crippen LogP contribution in [0.3, 0.4) is 0 Å². The van der Waals surface area contributed by atoms with Gasteiger partial charge in [-0.1, -0.05) is 12.7 Å². The number of methoxy groups -OCH3 is 1. The Morgan fingerprint density at radius 3 is 2.67 bits per heavy atom. The molecule has 0 aromatic heterocycles. The molecule has 1 N–H and O–H groups in total. The molecule has 0 aliphatic heterocycles. The van der Waals surface area contributed by atoms with Crippen LogP contribution < -0.4 is 10.1 Å². The van der Waals surface area contributed by atoms with Crippen molar-refractivity contribution in [3.63, 3.8) is 0 Å². The van der Waals surface area contributed by atoms with Crippen molar-refractivity contribution in [3.05, 3.63) is 42.5 Å². The molecule has 0 heterocycles. The van der Waals surface area contributed by atoms with E-state index in [1.54, 1.807) is 37.5 Å². The molecule has 4 heteroatoms. The van der Waals surface area contributed by atoms with Gasteiger partial charge in [0.25, 0.3) is 5.91 Å². The first-order valence-electron chi connectivity index (χ1n) is 5.81. The number of hydrogen-bond acceptors (Lipinski definition) is 3. The SMILES string of the molecule is C=CCOc1ccc(C(=O)N[C@H](C)COC)cc1. The Hall–Kier alpha value is -1.81. The van der Waals surface area contributed by atoms with Crippen LogP contribution in [0.25, 0.3) is 0 Å². The summed E-state index contributed by atoms with van der Waals surface area (Å²) in [5.74, 6) is 0.603. The van der Waals surface area contributed by atoms with E-state index < -0.39 is 0 Å². The van der Waals surface area contributed by atoms with Crippen molar-refractivity contribution >= 4 is 5.91 Å². The summed E-state index contributed by atoms with van der Waals surface area (Å²) < 4.78 is 10.3. The largest absolute Gasteiger partial charge is 0.490 e. The maximum Gasteiger partial charge on any atom is 0.251 e. The second kappa shape index (κ2) is 7.50. The van der Waals surface area contributed by atoms with E-state index in [1.807, 2.05) is 6.92 Å². The van der Waals surface area contributed by atoms with Gasteiger partial charge in [-0.25, -0.2) is 0 Å². The van der Waals surface area contributed by atoms with Crippen LogP contribution in [0.1, 0.15) is 17.3 Å². The number of benzene rings is 1. The number of hydrogen-bond donors (Lipinski definition) is 1. The van der Waals surface area contributed by atoms with Crippen LogP contribution >= 0.6 is 0 Å². The van der Waals surface area contributed by atoms with Crippen LogP contribution in [0.4, 0.5) is 0 Å². The van der Waals surface area contributed by atoms with Gasteiger partial charge >= 0.3 is 0 Å². The van der Waals surface area contributed by atoms with Crippen LogP contribution in [-0.4, -0.2) is 32.3 Å². The number of ether oxygens (including phenoxy) is 2. The first-order valence-corrected chi connectivity index (χ1v) is 5.81. The minimum Gasteiger partial charge on any atom is -0.490 e. The number of rotatable bonds is 7. The van der Waals surface area contributed by atoms with Gasteiger partial charge in [0.05, 0.1) is 6.61 Å². The molecule has 18 heavy (non-hydrogen) atoms. The maximum absolute atomic E-state index is 11.8. The molecule has 1 atom stereocenters. The Morgan fingerprint density at radius 1 is 1.44 bits per heavy atom. The molecular weight excluding hydrogens is 230 g/mol. The molecule has 0 saturated heterocycles. The van der Waals surface area contributed by atoms with E-state index in [0.29, 0.717) is 18.8 Å². The molecular formula is C14H19NO3. The summed E-state index contributed by atoms with van der Waals surface area (Å²) >= 11 is 0. The summed E-state index contributed by atoms with van der Waals surface area (Å²) in [5, 5.41) is 2.84. The number of carbonyl (C=O) groups is 1. The summed E-state index contributed by atoms with van der Waals surface area (Å²) in [6.45, 7) is 6.41. The summed E-state index contributed by atoms with van der Waals surface area (Å²) in [6, 6.07) is 6.97. The lowest BCUT2D eigenvalue weighted by atomic mass is 10.2. The summed E-state index contributed by atoms with van der Waals surface area (Å²) in [6.07, 6.45) is 1.67. The Kier molecular flexibility index (Phi) is 5.94. The number of nitrogens with one attached hydrogen (secondary N) is 1. The topological polar surface area (TPSA) is 47.6 Å². The Morgan fingerprint density at radius 2 is 2.11 bits per heavy atom. The van der Waals surface area contributed by atoms with E-state index in [-0.39, 0.29) is 11.9 Å². The number of carbonyl (C=O) groups excluding carboxylic acids is 1. The Labute approximate surface area is 108 Å². The van der Waals surface area contributed by atoms with Crippen molar-refractivity contribution < 1.29 is 14.3 Å². The van der Waals surface area contributed by atoms with Gasteiger partial charge in [-0.05, 0) is 31.2 Å². The van der Waals surface area contributed by atoms with Crippen LogP contribution in [0.15, 0.2) is 36.9 Å². The van der Waals surface area contributed by atoms with Crippen molar-refractivity contribution in [2.24, 2.45) is 0 Å². The molecule has 1 aromatic carbocycles. The van der Waals surface area contributed by atoms with Crippen molar-refractivity contribution in [3.8, 4) is 5.75 Å². The quantitative estimate of drug-likeness (QED) is 0.752. The zero-order valence-corrected chi connectivity index (χ0v) is 10.8. The average molecular weight is 249 g/mol. The smallest absolute Gasteiger partial charge is 0.251 e. The predicted molar refractivity (Wildman–Crippen MR) is 70.9 cm³/mol. The van der Waals surface area contributed by atoms with Gasteiger partial charge in [0, 0.05) is 18.7 Å². The minimum absolute atomic E-state index is 0.0146. The zero-order chi connectivity index (χ0) is 13.4. The number of amides is 1. The molecule has 0 radical (unpaired) electrons. The Balaban J connectivity index is 2.55. The normalized spacial score (nSPS) is 11.7. The molecule has 0 saturated carbocycles. The molecule has 1 aromatic rings. The van der Waals surface area contributed by atoms with Gasteiger partial charge in [0.15, 0.2) is 0 Å². The lowest BCUT2D eigenvalue weighted by Crippen LogP contribution is -2.35. The summed E-state index contributed by atoms with van der Waals surface area (Å²) in [7, 11) is 1.61. The maximum atomic E-state index is 11.8.